The lowest BCUT2D eigenvalue weighted by Crippen LogP contribution is -2.37. The van der Waals surface area contributed by atoms with Gasteiger partial charge in [-0.25, -0.2) is 0 Å². The van der Waals surface area contributed by atoms with Crippen LogP contribution in [0, 0.1) is 0 Å². The van der Waals surface area contributed by atoms with E-state index in [0.717, 1.165) is 19.1 Å². The van der Waals surface area contributed by atoms with Crippen molar-refractivity contribution in [1.82, 2.24) is 0 Å². The average Bonchev–Trinajstić information content (AvgIpc) is 2.09. The molecule has 0 heterocycles. The summed E-state index contributed by atoms with van der Waals surface area (Å²) in [5.41, 5.74) is 5.16. The zero-order valence-electron chi connectivity index (χ0n) is 9.79. The topological polar surface area (TPSA) is 69.4 Å². The van der Waals surface area contributed by atoms with Gasteiger partial charge in [-0.1, -0.05) is 6.42 Å². The summed E-state index contributed by atoms with van der Waals surface area (Å²) in [5, 5.41) is 0. The van der Waals surface area contributed by atoms with Crippen molar-refractivity contribution in [2.24, 2.45) is 5.73 Å². The number of nitrogens with two attached hydrogens (primary N) is 1. The summed E-state index contributed by atoms with van der Waals surface area (Å²) in [7, 11) is 0. The molecular formula is C11H21NO3. The molecule has 0 radical (unpaired) electrons. The fourth-order valence-electron chi connectivity index (χ4n) is 1.09. The van der Waals surface area contributed by atoms with E-state index in [4.69, 9.17) is 10.5 Å². The van der Waals surface area contributed by atoms with Crippen molar-refractivity contribution in [2.45, 2.75) is 58.1 Å². The minimum atomic E-state index is -0.573. The van der Waals surface area contributed by atoms with E-state index in [1.807, 2.05) is 20.8 Å². The fourth-order valence-corrected chi connectivity index (χ4v) is 1.09. The molecule has 0 aliphatic rings. The molecule has 0 aliphatic heterocycles. The summed E-state index contributed by atoms with van der Waals surface area (Å²) >= 11 is 0. The summed E-state index contributed by atoms with van der Waals surface area (Å²) in [4.78, 5) is 21.5. The number of carbonyl (C=O) groups is 2. The van der Waals surface area contributed by atoms with Crippen LogP contribution in [0.15, 0.2) is 0 Å². The monoisotopic (exact) mass is 215 g/mol. The highest BCUT2D eigenvalue weighted by Crippen LogP contribution is 2.10. The van der Waals surface area contributed by atoms with Crippen LogP contribution >= 0.6 is 0 Å². The molecule has 0 spiro atoms. The minimum Gasteiger partial charge on any atom is -0.459 e. The Kier molecular flexibility index (Phi) is 6.17. The SMILES string of the molecule is CC(C)(C)OC(=O)[C@@H](N)CCCCC=O. The first-order chi connectivity index (χ1) is 6.87. The molecule has 88 valence electrons. The first kappa shape index (κ1) is 14.1. The lowest BCUT2D eigenvalue weighted by Gasteiger charge is -2.22. The van der Waals surface area contributed by atoms with Crippen LogP contribution in [0.3, 0.4) is 0 Å². The second-order valence-electron chi connectivity index (χ2n) is 4.59. The number of carbonyl (C=O) groups excluding carboxylic acids is 2. The van der Waals surface area contributed by atoms with Crippen molar-refractivity contribution in [3.63, 3.8) is 0 Å². The van der Waals surface area contributed by atoms with E-state index in [2.05, 4.69) is 0 Å². The van der Waals surface area contributed by atoms with Gasteiger partial charge < -0.3 is 15.3 Å². The van der Waals surface area contributed by atoms with E-state index in [0.29, 0.717) is 12.8 Å². The number of ether oxygens (including phenoxy) is 1. The van der Waals surface area contributed by atoms with Crippen LogP contribution in [0.4, 0.5) is 0 Å². The van der Waals surface area contributed by atoms with Crippen LogP contribution in [0.25, 0.3) is 0 Å². The van der Waals surface area contributed by atoms with Gasteiger partial charge in [0.25, 0.3) is 0 Å². The van der Waals surface area contributed by atoms with Gasteiger partial charge in [0.1, 0.15) is 17.9 Å². The van der Waals surface area contributed by atoms with Crippen LogP contribution in [-0.4, -0.2) is 23.9 Å². The molecule has 2 N–H and O–H groups in total. The summed E-state index contributed by atoms with van der Waals surface area (Å²) in [6, 6.07) is -0.573. The zero-order valence-corrected chi connectivity index (χ0v) is 9.79. The largest absolute Gasteiger partial charge is 0.459 e. The molecule has 4 heteroatoms. The Morgan fingerprint density at radius 3 is 2.47 bits per heavy atom. The van der Waals surface area contributed by atoms with Gasteiger partial charge in [0.2, 0.25) is 0 Å². The fraction of sp³-hybridized carbons (Fsp3) is 0.818. The maximum atomic E-state index is 11.4. The van der Waals surface area contributed by atoms with E-state index >= 15 is 0 Å². The molecule has 0 bridgehead atoms. The molecule has 0 aromatic rings. The molecule has 0 saturated heterocycles. The first-order valence-corrected chi connectivity index (χ1v) is 5.29. The van der Waals surface area contributed by atoms with Crippen molar-refractivity contribution in [2.75, 3.05) is 0 Å². The van der Waals surface area contributed by atoms with Crippen molar-refractivity contribution in [3.05, 3.63) is 0 Å². The highest BCUT2D eigenvalue weighted by atomic mass is 16.6. The minimum absolute atomic E-state index is 0.367. The van der Waals surface area contributed by atoms with Crippen LogP contribution in [-0.2, 0) is 14.3 Å². The van der Waals surface area contributed by atoms with Crippen molar-refractivity contribution in [3.8, 4) is 0 Å². The third-order valence-electron chi connectivity index (χ3n) is 1.80. The smallest absolute Gasteiger partial charge is 0.323 e. The number of esters is 1. The Morgan fingerprint density at radius 1 is 1.40 bits per heavy atom. The predicted molar refractivity (Wildman–Crippen MR) is 58.4 cm³/mol. The summed E-state index contributed by atoms with van der Waals surface area (Å²) < 4.78 is 5.12. The second-order valence-corrected chi connectivity index (χ2v) is 4.59. The molecule has 0 aromatic heterocycles. The summed E-state index contributed by atoms with van der Waals surface area (Å²) in [5.74, 6) is -0.367. The molecule has 0 amide bonds. The Hall–Kier alpha value is -0.900. The Bertz CT molecular complexity index is 208. The number of rotatable bonds is 6. The van der Waals surface area contributed by atoms with Gasteiger partial charge in [0.15, 0.2) is 0 Å². The van der Waals surface area contributed by atoms with Crippen molar-refractivity contribution in [1.29, 1.82) is 0 Å². The molecule has 0 aliphatic carbocycles. The number of hydrogen-bond donors (Lipinski definition) is 1. The molecule has 4 nitrogen and oxygen atoms in total. The second kappa shape index (κ2) is 6.56. The van der Waals surface area contributed by atoms with Crippen LogP contribution < -0.4 is 5.73 Å². The Morgan fingerprint density at radius 2 is 2.00 bits per heavy atom. The van der Waals surface area contributed by atoms with Crippen LogP contribution in [0.2, 0.25) is 0 Å². The highest BCUT2D eigenvalue weighted by molar-refractivity contribution is 5.75. The zero-order chi connectivity index (χ0) is 11.9. The third-order valence-corrected chi connectivity index (χ3v) is 1.80. The van der Waals surface area contributed by atoms with Gasteiger partial charge in [-0.3, -0.25) is 4.79 Å². The molecule has 0 fully saturated rings. The van der Waals surface area contributed by atoms with Gasteiger partial charge in [-0.2, -0.15) is 0 Å². The van der Waals surface area contributed by atoms with E-state index in [9.17, 15) is 9.59 Å². The number of aldehydes is 1. The summed E-state index contributed by atoms with van der Waals surface area (Å²) in [6.07, 6.45) is 3.53. The highest BCUT2D eigenvalue weighted by Gasteiger charge is 2.21. The maximum absolute atomic E-state index is 11.4. The normalized spacial score (nSPS) is 13.3. The lowest BCUT2D eigenvalue weighted by atomic mass is 10.1. The maximum Gasteiger partial charge on any atom is 0.323 e. The van der Waals surface area contributed by atoms with E-state index < -0.39 is 11.6 Å². The quantitative estimate of drug-likeness (QED) is 0.413. The van der Waals surface area contributed by atoms with E-state index in [-0.39, 0.29) is 5.97 Å². The van der Waals surface area contributed by atoms with Crippen LogP contribution in [0.5, 0.6) is 0 Å². The van der Waals surface area contributed by atoms with Crippen molar-refractivity contribution >= 4 is 12.3 Å². The standard InChI is InChI=1S/C11H21NO3/c1-11(2,3)15-10(14)9(12)7-5-4-6-8-13/h8-9H,4-7,12H2,1-3H3/t9-/m0/s1. The molecule has 15 heavy (non-hydrogen) atoms. The number of hydrogen-bond acceptors (Lipinski definition) is 4. The molecular weight excluding hydrogens is 194 g/mol. The molecule has 0 saturated carbocycles. The molecule has 0 rings (SSSR count). The predicted octanol–water partition coefficient (Wildman–Crippen LogP) is 1.41. The Labute approximate surface area is 91.2 Å². The van der Waals surface area contributed by atoms with Gasteiger partial charge >= 0.3 is 5.97 Å². The first-order valence-electron chi connectivity index (χ1n) is 5.29. The van der Waals surface area contributed by atoms with Gasteiger partial charge in [0, 0.05) is 6.42 Å². The summed E-state index contributed by atoms with van der Waals surface area (Å²) in [6.45, 7) is 5.43. The van der Waals surface area contributed by atoms with Crippen molar-refractivity contribution < 1.29 is 14.3 Å². The van der Waals surface area contributed by atoms with E-state index in [1.165, 1.54) is 0 Å². The molecule has 0 aromatic carbocycles. The number of unbranched alkanes of at least 4 members (excludes halogenated alkanes) is 2. The van der Waals surface area contributed by atoms with Gasteiger partial charge in [-0.05, 0) is 33.6 Å². The van der Waals surface area contributed by atoms with Crippen LogP contribution in [0.1, 0.15) is 46.5 Å². The van der Waals surface area contributed by atoms with Gasteiger partial charge in [-0.15, -0.1) is 0 Å². The lowest BCUT2D eigenvalue weighted by molar-refractivity contribution is -0.156. The molecule has 1 atom stereocenters. The third kappa shape index (κ3) is 8.12. The Balaban J connectivity index is 3.74. The van der Waals surface area contributed by atoms with Gasteiger partial charge in [0.05, 0.1) is 0 Å². The average molecular weight is 215 g/mol. The molecule has 0 unspecified atom stereocenters. The van der Waals surface area contributed by atoms with E-state index in [1.54, 1.807) is 0 Å².